The Balaban J connectivity index is 1.62. The Hall–Kier alpha value is -3.73. The van der Waals surface area contributed by atoms with Gasteiger partial charge in [0.15, 0.2) is 17.3 Å². The van der Waals surface area contributed by atoms with Gasteiger partial charge in [-0.2, -0.15) is 0 Å². The predicted molar refractivity (Wildman–Crippen MR) is 113 cm³/mol. The fourth-order valence-electron chi connectivity index (χ4n) is 3.24. The van der Waals surface area contributed by atoms with Crippen LogP contribution in [-0.4, -0.2) is 20.0 Å². The molecule has 0 aliphatic carbocycles. The zero-order chi connectivity index (χ0) is 20.4. The molecule has 1 aliphatic heterocycles. The second kappa shape index (κ2) is 7.72. The van der Waals surface area contributed by atoms with E-state index in [1.165, 1.54) is 5.56 Å². The van der Waals surface area contributed by atoms with E-state index in [-0.39, 0.29) is 11.5 Å². The maximum absolute atomic E-state index is 12.8. The molecule has 1 N–H and O–H groups in total. The smallest absolute Gasteiger partial charge is 0.231 e. The molecule has 0 aromatic heterocycles. The molecular formula is C24H21NO4. The van der Waals surface area contributed by atoms with Gasteiger partial charge in [0, 0.05) is 23.0 Å². The lowest BCUT2D eigenvalue weighted by Gasteiger charge is -2.10. The normalized spacial score (nSPS) is 13.8. The SMILES string of the molecule is COc1cccc(C=C2Oc3cc(Nc4ccc(C)cc4)ccc3C2=O)c1OC. The zero-order valence-electron chi connectivity index (χ0n) is 16.5. The summed E-state index contributed by atoms with van der Waals surface area (Å²) in [5.74, 6) is 1.76. The average molecular weight is 387 g/mol. The number of nitrogens with one attached hydrogen (secondary N) is 1. The first-order chi connectivity index (χ1) is 14.1. The third-order valence-corrected chi connectivity index (χ3v) is 4.73. The molecule has 5 nitrogen and oxygen atoms in total. The predicted octanol–water partition coefficient (Wildman–Crippen LogP) is 5.37. The van der Waals surface area contributed by atoms with Crippen molar-refractivity contribution in [2.24, 2.45) is 0 Å². The standard InChI is InChI=1S/C24H21NO4/c1-15-7-9-17(10-8-15)25-18-11-12-19-21(14-18)29-22(23(19)26)13-16-5-4-6-20(27-2)24(16)28-3/h4-14,25H,1-3H3. The van der Waals surface area contributed by atoms with E-state index in [1.807, 2.05) is 55.5 Å². The van der Waals surface area contributed by atoms with Crippen molar-refractivity contribution in [1.29, 1.82) is 0 Å². The Bertz CT molecular complexity index is 1100. The van der Waals surface area contributed by atoms with Crippen LogP contribution >= 0.6 is 0 Å². The van der Waals surface area contributed by atoms with Gasteiger partial charge < -0.3 is 19.5 Å². The van der Waals surface area contributed by atoms with E-state index in [9.17, 15) is 4.79 Å². The summed E-state index contributed by atoms with van der Waals surface area (Å²) in [5.41, 5.74) is 4.26. The van der Waals surface area contributed by atoms with Gasteiger partial charge in [0.05, 0.1) is 19.8 Å². The monoisotopic (exact) mass is 387 g/mol. The molecule has 0 bridgehead atoms. The third kappa shape index (κ3) is 3.67. The van der Waals surface area contributed by atoms with E-state index in [1.54, 1.807) is 32.4 Å². The molecule has 0 unspecified atom stereocenters. The van der Waals surface area contributed by atoms with Crippen molar-refractivity contribution in [3.05, 3.63) is 83.1 Å². The van der Waals surface area contributed by atoms with Crippen molar-refractivity contribution in [3.8, 4) is 17.2 Å². The second-order valence-corrected chi connectivity index (χ2v) is 6.72. The maximum atomic E-state index is 12.8. The van der Waals surface area contributed by atoms with Gasteiger partial charge in [-0.05, 0) is 43.3 Å². The number of para-hydroxylation sites is 1. The molecule has 1 heterocycles. The van der Waals surface area contributed by atoms with Crippen molar-refractivity contribution in [3.63, 3.8) is 0 Å². The number of benzene rings is 3. The first-order valence-electron chi connectivity index (χ1n) is 9.22. The number of fused-ring (bicyclic) bond motifs is 1. The molecule has 3 aromatic rings. The van der Waals surface area contributed by atoms with Crippen molar-refractivity contribution in [2.45, 2.75) is 6.92 Å². The summed E-state index contributed by atoms with van der Waals surface area (Å²) < 4.78 is 16.6. The van der Waals surface area contributed by atoms with Crippen LogP contribution < -0.4 is 19.5 Å². The minimum Gasteiger partial charge on any atom is -0.493 e. The summed E-state index contributed by atoms with van der Waals surface area (Å²) in [4.78, 5) is 12.8. The summed E-state index contributed by atoms with van der Waals surface area (Å²) in [6.07, 6.45) is 1.68. The summed E-state index contributed by atoms with van der Waals surface area (Å²) >= 11 is 0. The molecule has 1 aliphatic rings. The number of methoxy groups -OCH3 is 2. The number of hydrogen-bond donors (Lipinski definition) is 1. The second-order valence-electron chi connectivity index (χ2n) is 6.72. The van der Waals surface area contributed by atoms with Crippen LogP contribution in [0.2, 0.25) is 0 Å². The van der Waals surface area contributed by atoms with E-state index in [0.717, 1.165) is 11.4 Å². The highest BCUT2D eigenvalue weighted by Gasteiger charge is 2.28. The van der Waals surface area contributed by atoms with Crippen LogP contribution in [0.15, 0.2) is 66.4 Å². The highest BCUT2D eigenvalue weighted by molar-refractivity contribution is 6.14. The van der Waals surface area contributed by atoms with E-state index >= 15 is 0 Å². The lowest BCUT2D eigenvalue weighted by Crippen LogP contribution is -1.99. The molecule has 0 saturated carbocycles. The molecule has 0 radical (unpaired) electrons. The van der Waals surface area contributed by atoms with Crippen LogP contribution in [-0.2, 0) is 0 Å². The molecular weight excluding hydrogens is 366 g/mol. The van der Waals surface area contributed by atoms with Crippen LogP contribution in [0.5, 0.6) is 17.2 Å². The number of ketones is 1. The first-order valence-corrected chi connectivity index (χ1v) is 9.22. The number of ether oxygens (including phenoxy) is 3. The molecule has 4 rings (SSSR count). The molecule has 0 saturated heterocycles. The van der Waals surface area contributed by atoms with Gasteiger partial charge in [-0.25, -0.2) is 0 Å². The lowest BCUT2D eigenvalue weighted by molar-refractivity contribution is 0.101. The maximum Gasteiger partial charge on any atom is 0.231 e. The van der Waals surface area contributed by atoms with E-state index < -0.39 is 0 Å². The average Bonchev–Trinajstić information content (AvgIpc) is 3.04. The number of rotatable bonds is 5. The molecule has 3 aromatic carbocycles. The number of carbonyl (C=O) groups excluding carboxylic acids is 1. The lowest BCUT2D eigenvalue weighted by atomic mass is 10.1. The van der Waals surface area contributed by atoms with Crippen molar-refractivity contribution >= 4 is 23.2 Å². The largest absolute Gasteiger partial charge is 0.493 e. The topological polar surface area (TPSA) is 56.8 Å². The summed E-state index contributed by atoms with van der Waals surface area (Å²) in [7, 11) is 3.14. The van der Waals surface area contributed by atoms with Gasteiger partial charge in [-0.3, -0.25) is 4.79 Å². The highest BCUT2D eigenvalue weighted by Crippen LogP contribution is 2.37. The Kier molecular flexibility index (Phi) is 4.96. The molecule has 0 spiro atoms. The molecule has 0 amide bonds. The Morgan fingerprint density at radius 3 is 2.41 bits per heavy atom. The van der Waals surface area contributed by atoms with Gasteiger partial charge in [0.1, 0.15) is 5.75 Å². The van der Waals surface area contributed by atoms with E-state index in [4.69, 9.17) is 14.2 Å². The van der Waals surface area contributed by atoms with Gasteiger partial charge >= 0.3 is 0 Å². The van der Waals surface area contributed by atoms with Crippen LogP contribution in [0, 0.1) is 6.92 Å². The molecule has 0 atom stereocenters. The fraction of sp³-hybridized carbons (Fsp3) is 0.125. The summed E-state index contributed by atoms with van der Waals surface area (Å²) in [6.45, 7) is 2.05. The quantitative estimate of drug-likeness (QED) is 0.596. The molecule has 5 heteroatoms. The van der Waals surface area contributed by atoms with Crippen LogP contribution in [0.1, 0.15) is 21.5 Å². The number of carbonyl (C=O) groups is 1. The van der Waals surface area contributed by atoms with Crippen molar-refractivity contribution in [2.75, 3.05) is 19.5 Å². The Morgan fingerprint density at radius 2 is 1.69 bits per heavy atom. The zero-order valence-corrected chi connectivity index (χ0v) is 16.5. The molecule has 0 fully saturated rings. The summed E-state index contributed by atoms with van der Waals surface area (Å²) in [5, 5.41) is 3.33. The van der Waals surface area contributed by atoms with Gasteiger partial charge in [0.25, 0.3) is 0 Å². The number of allylic oxidation sites excluding steroid dienone is 1. The Labute approximate surface area is 169 Å². The highest BCUT2D eigenvalue weighted by atomic mass is 16.5. The third-order valence-electron chi connectivity index (χ3n) is 4.73. The van der Waals surface area contributed by atoms with Crippen molar-refractivity contribution in [1.82, 2.24) is 0 Å². The minimum atomic E-state index is -0.160. The first kappa shape index (κ1) is 18.6. The van der Waals surface area contributed by atoms with E-state index in [2.05, 4.69) is 5.32 Å². The molecule has 29 heavy (non-hydrogen) atoms. The van der Waals surface area contributed by atoms with Gasteiger partial charge in [0.2, 0.25) is 5.78 Å². The van der Waals surface area contributed by atoms with Crippen LogP contribution in [0.4, 0.5) is 11.4 Å². The molecule has 146 valence electrons. The number of Topliss-reactive ketones (excluding diaryl/α,β-unsaturated/α-hetero) is 1. The van der Waals surface area contributed by atoms with Gasteiger partial charge in [-0.1, -0.05) is 29.8 Å². The fourth-order valence-corrected chi connectivity index (χ4v) is 3.24. The van der Waals surface area contributed by atoms with Crippen molar-refractivity contribution < 1.29 is 19.0 Å². The Morgan fingerprint density at radius 1 is 0.931 bits per heavy atom. The summed E-state index contributed by atoms with van der Waals surface area (Å²) in [6, 6.07) is 19.1. The number of hydrogen-bond acceptors (Lipinski definition) is 5. The van der Waals surface area contributed by atoms with Gasteiger partial charge in [-0.15, -0.1) is 0 Å². The van der Waals surface area contributed by atoms with Crippen LogP contribution in [0.25, 0.3) is 6.08 Å². The minimum absolute atomic E-state index is 0.160. The van der Waals surface area contributed by atoms with Crippen LogP contribution in [0.3, 0.4) is 0 Å². The van der Waals surface area contributed by atoms with E-state index in [0.29, 0.717) is 28.4 Å². The number of aryl methyl sites for hydroxylation is 1. The number of anilines is 2.